The molecule has 2 fully saturated rings. The molecule has 3 rings (SSSR count). The van der Waals surface area contributed by atoms with E-state index >= 15 is 0 Å². The smallest absolute Gasteiger partial charge is 0.238 e. The molecule has 3 unspecified atom stereocenters. The minimum atomic E-state index is -3.87. The number of fused-ring (bicyclic) bond motifs is 2. The zero-order chi connectivity index (χ0) is 13.6. The molecule has 7 heteroatoms. The lowest BCUT2D eigenvalue weighted by Crippen LogP contribution is -2.30. The summed E-state index contributed by atoms with van der Waals surface area (Å²) in [5.74, 6) is -0.616. The molecule has 19 heavy (non-hydrogen) atoms. The highest BCUT2D eigenvalue weighted by Gasteiger charge is 2.40. The monoisotopic (exact) mass is 286 g/mol. The van der Waals surface area contributed by atoms with Crippen LogP contribution >= 0.6 is 0 Å². The molecule has 0 spiro atoms. The molecule has 5 nitrogen and oxygen atoms in total. The van der Waals surface area contributed by atoms with E-state index in [0.717, 1.165) is 25.3 Å². The Kier molecular flexibility index (Phi) is 2.99. The summed E-state index contributed by atoms with van der Waals surface area (Å²) in [6.07, 6.45) is 3.31. The van der Waals surface area contributed by atoms with Gasteiger partial charge in [-0.15, -0.1) is 0 Å². The summed E-state index contributed by atoms with van der Waals surface area (Å²) < 4.78 is 41.8. The molecule has 3 N–H and O–H groups in total. The van der Waals surface area contributed by atoms with E-state index in [0.29, 0.717) is 0 Å². The van der Waals surface area contributed by atoms with Crippen molar-refractivity contribution in [1.82, 2.24) is 0 Å². The molecule has 0 radical (unpaired) electrons. The van der Waals surface area contributed by atoms with Gasteiger partial charge in [0.05, 0.1) is 28.8 Å². The molecule has 2 aliphatic rings. The number of hydrogen-bond donors (Lipinski definition) is 2. The standard InChI is InChI=1S/C12H15FN2O3S/c13-9-6-8(19(14,16)17)2-3-10(9)15-11-5-7-1-4-12(11)18-7/h2-3,6-7,11-12,15H,1,4-5H2,(H2,14,16,17). The Hall–Kier alpha value is -1.18. The third kappa shape index (κ3) is 2.45. The Bertz CT molecular complexity index is 605. The predicted molar refractivity (Wildman–Crippen MR) is 67.7 cm³/mol. The maximum atomic E-state index is 13.9. The van der Waals surface area contributed by atoms with Crippen molar-refractivity contribution in [3.8, 4) is 0 Å². The molecule has 0 amide bonds. The first-order chi connectivity index (χ1) is 8.93. The molecule has 0 aliphatic carbocycles. The van der Waals surface area contributed by atoms with E-state index < -0.39 is 15.8 Å². The predicted octanol–water partition coefficient (Wildman–Crippen LogP) is 1.20. The summed E-state index contributed by atoms with van der Waals surface area (Å²) >= 11 is 0. The molecular weight excluding hydrogens is 271 g/mol. The summed E-state index contributed by atoms with van der Waals surface area (Å²) in [4.78, 5) is -0.222. The highest BCUT2D eigenvalue weighted by Crippen LogP contribution is 2.36. The van der Waals surface area contributed by atoms with Crippen LogP contribution in [-0.2, 0) is 14.8 Å². The zero-order valence-corrected chi connectivity index (χ0v) is 11.0. The highest BCUT2D eigenvalue weighted by atomic mass is 32.2. The van der Waals surface area contributed by atoms with Crippen molar-refractivity contribution in [3.05, 3.63) is 24.0 Å². The van der Waals surface area contributed by atoms with E-state index in [1.165, 1.54) is 12.1 Å². The molecule has 3 atom stereocenters. The van der Waals surface area contributed by atoms with E-state index in [1.807, 2.05) is 0 Å². The number of hydrogen-bond acceptors (Lipinski definition) is 4. The van der Waals surface area contributed by atoms with Gasteiger partial charge in [0.25, 0.3) is 0 Å². The van der Waals surface area contributed by atoms with E-state index in [9.17, 15) is 12.8 Å². The Morgan fingerprint density at radius 2 is 2.16 bits per heavy atom. The maximum absolute atomic E-state index is 13.9. The number of sulfonamides is 1. The highest BCUT2D eigenvalue weighted by molar-refractivity contribution is 7.89. The third-order valence-corrected chi connectivity index (χ3v) is 4.63. The first kappa shape index (κ1) is 12.8. The van der Waals surface area contributed by atoms with Crippen LogP contribution in [0.1, 0.15) is 19.3 Å². The minimum Gasteiger partial charge on any atom is -0.377 e. The van der Waals surface area contributed by atoms with Crippen LogP contribution in [0.25, 0.3) is 0 Å². The van der Waals surface area contributed by atoms with Gasteiger partial charge < -0.3 is 10.1 Å². The lowest BCUT2D eigenvalue weighted by Gasteiger charge is -2.21. The fourth-order valence-electron chi connectivity index (χ4n) is 2.78. The maximum Gasteiger partial charge on any atom is 0.238 e. The number of nitrogens with two attached hydrogens (primary N) is 1. The van der Waals surface area contributed by atoms with Gasteiger partial charge in [-0.25, -0.2) is 17.9 Å². The summed E-state index contributed by atoms with van der Waals surface area (Å²) in [6, 6.07) is 3.73. The Labute approximate surface area is 111 Å². The van der Waals surface area contributed by atoms with Gasteiger partial charge in [0, 0.05) is 0 Å². The molecule has 1 aromatic carbocycles. The normalized spacial score (nSPS) is 29.7. The quantitative estimate of drug-likeness (QED) is 0.875. The Balaban J connectivity index is 1.79. The fourth-order valence-corrected chi connectivity index (χ4v) is 3.30. The Morgan fingerprint density at radius 1 is 1.37 bits per heavy atom. The molecule has 2 heterocycles. The number of benzene rings is 1. The molecule has 1 aromatic rings. The second-order valence-electron chi connectivity index (χ2n) is 5.05. The first-order valence-corrected chi connectivity index (χ1v) is 7.72. The number of nitrogens with one attached hydrogen (secondary N) is 1. The average Bonchev–Trinajstić information content (AvgIpc) is 2.92. The van der Waals surface area contributed by atoms with Crippen LogP contribution in [0.5, 0.6) is 0 Å². The van der Waals surface area contributed by atoms with Crippen molar-refractivity contribution in [2.75, 3.05) is 5.32 Å². The van der Waals surface area contributed by atoms with Crippen LogP contribution in [0.4, 0.5) is 10.1 Å². The first-order valence-electron chi connectivity index (χ1n) is 6.18. The van der Waals surface area contributed by atoms with E-state index in [4.69, 9.17) is 9.88 Å². The van der Waals surface area contributed by atoms with Crippen molar-refractivity contribution in [2.24, 2.45) is 5.14 Å². The van der Waals surface area contributed by atoms with Crippen molar-refractivity contribution >= 4 is 15.7 Å². The van der Waals surface area contributed by atoms with Gasteiger partial charge in [0.15, 0.2) is 0 Å². The number of halogens is 1. The second-order valence-corrected chi connectivity index (χ2v) is 6.61. The lowest BCUT2D eigenvalue weighted by atomic mass is 9.95. The van der Waals surface area contributed by atoms with Crippen LogP contribution < -0.4 is 10.5 Å². The van der Waals surface area contributed by atoms with Gasteiger partial charge in [-0.2, -0.15) is 0 Å². The van der Waals surface area contributed by atoms with Crippen LogP contribution in [-0.4, -0.2) is 26.7 Å². The lowest BCUT2D eigenvalue weighted by molar-refractivity contribution is 0.102. The van der Waals surface area contributed by atoms with E-state index in [2.05, 4.69) is 5.32 Å². The van der Waals surface area contributed by atoms with Crippen molar-refractivity contribution in [2.45, 2.75) is 42.4 Å². The van der Waals surface area contributed by atoms with Gasteiger partial charge in [-0.05, 0) is 37.5 Å². The average molecular weight is 286 g/mol. The summed E-state index contributed by atoms with van der Waals surface area (Å²) in [7, 11) is -3.87. The van der Waals surface area contributed by atoms with Crippen molar-refractivity contribution < 1.29 is 17.5 Å². The van der Waals surface area contributed by atoms with Gasteiger partial charge in [-0.1, -0.05) is 0 Å². The van der Waals surface area contributed by atoms with Gasteiger partial charge in [0.1, 0.15) is 5.82 Å². The number of anilines is 1. The van der Waals surface area contributed by atoms with Crippen LogP contribution in [0, 0.1) is 5.82 Å². The second kappa shape index (κ2) is 4.43. The fraction of sp³-hybridized carbons (Fsp3) is 0.500. The molecule has 104 valence electrons. The summed E-state index contributed by atoms with van der Waals surface area (Å²) in [5, 5.41) is 8.04. The SMILES string of the molecule is NS(=O)(=O)c1ccc(NC2CC3CCC2O3)c(F)c1. The zero-order valence-electron chi connectivity index (χ0n) is 10.2. The topological polar surface area (TPSA) is 81.4 Å². The number of primary sulfonamides is 1. The number of rotatable bonds is 3. The van der Waals surface area contributed by atoms with Crippen molar-refractivity contribution in [3.63, 3.8) is 0 Å². The number of ether oxygens (including phenoxy) is 1. The summed E-state index contributed by atoms with van der Waals surface area (Å²) in [5.41, 5.74) is 0.286. The summed E-state index contributed by atoms with van der Waals surface area (Å²) in [6.45, 7) is 0. The molecule has 0 aromatic heterocycles. The van der Waals surface area contributed by atoms with E-state index in [1.54, 1.807) is 0 Å². The van der Waals surface area contributed by atoms with Gasteiger partial charge in [-0.3, -0.25) is 0 Å². The van der Waals surface area contributed by atoms with Crippen LogP contribution in [0.3, 0.4) is 0 Å². The van der Waals surface area contributed by atoms with Gasteiger partial charge >= 0.3 is 0 Å². The van der Waals surface area contributed by atoms with Crippen LogP contribution in [0.15, 0.2) is 23.1 Å². The van der Waals surface area contributed by atoms with Crippen LogP contribution in [0.2, 0.25) is 0 Å². The molecule has 2 saturated heterocycles. The van der Waals surface area contributed by atoms with E-state index in [-0.39, 0.29) is 28.8 Å². The Morgan fingerprint density at radius 3 is 2.68 bits per heavy atom. The molecule has 2 aliphatic heterocycles. The molecule has 2 bridgehead atoms. The third-order valence-electron chi connectivity index (χ3n) is 3.72. The van der Waals surface area contributed by atoms with Gasteiger partial charge in [0.2, 0.25) is 10.0 Å². The molecule has 0 saturated carbocycles. The van der Waals surface area contributed by atoms with Crippen molar-refractivity contribution in [1.29, 1.82) is 0 Å². The minimum absolute atomic E-state index is 0.0913. The largest absolute Gasteiger partial charge is 0.377 e. The molecular formula is C12H15FN2O3S.